The van der Waals surface area contributed by atoms with Crippen LogP contribution in [0.2, 0.25) is 0 Å². The molecule has 5 rings (SSSR count). The third-order valence-electron chi connectivity index (χ3n) is 5.79. The molecule has 1 fully saturated rings. The molecule has 2 N–H and O–H groups in total. The van der Waals surface area contributed by atoms with Gasteiger partial charge in [0.1, 0.15) is 5.82 Å². The van der Waals surface area contributed by atoms with Crippen LogP contribution in [0.1, 0.15) is 34.9 Å². The smallest absolute Gasteiger partial charge is 0.256 e. The molecule has 0 saturated carbocycles. The second-order valence-corrected chi connectivity index (χ2v) is 7.67. The Hall–Kier alpha value is -3.12. The van der Waals surface area contributed by atoms with Gasteiger partial charge in [0.05, 0.1) is 5.52 Å². The van der Waals surface area contributed by atoms with Crippen molar-refractivity contribution < 1.29 is 4.79 Å². The van der Waals surface area contributed by atoms with Gasteiger partial charge in [0.25, 0.3) is 5.91 Å². The first-order valence-corrected chi connectivity index (χ1v) is 9.64. The number of amides is 1. The van der Waals surface area contributed by atoms with E-state index in [9.17, 15) is 4.79 Å². The third kappa shape index (κ3) is 2.86. The number of hydrogen-bond donors (Lipinski definition) is 2. The summed E-state index contributed by atoms with van der Waals surface area (Å²) in [6.07, 6.45) is 6.21. The minimum atomic E-state index is -0.153. The van der Waals surface area contributed by atoms with Crippen molar-refractivity contribution in [2.24, 2.45) is 7.05 Å². The molecule has 0 aliphatic carbocycles. The molecule has 1 atom stereocenters. The van der Waals surface area contributed by atoms with Crippen LogP contribution in [0.4, 0.5) is 5.82 Å². The van der Waals surface area contributed by atoms with Crippen molar-refractivity contribution >= 4 is 33.5 Å². The number of aromatic amines is 1. The Morgan fingerprint density at radius 3 is 2.89 bits per heavy atom. The minimum absolute atomic E-state index is 0.153. The highest BCUT2D eigenvalue weighted by Crippen LogP contribution is 2.32. The van der Waals surface area contributed by atoms with Gasteiger partial charge in [-0.25, -0.2) is 4.98 Å². The Balaban J connectivity index is 1.39. The summed E-state index contributed by atoms with van der Waals surface area (Å²) in [6.45, 7) is 1.13. The number of aryl methyl sites for hydroxylation is 1. The largest absolute Gasteiger partial charge is 0.357 e. The zero-order valence-electron chi connectivity index (χ0n) is 16.1. The molecule has 1 aliphatic rings. The average Bonchev–Trinajstić information content (AvgIpc) is 3.39. The van der Waals surface area contributed by atoms with Crippen LogP contribution in [-0.4, -0.2) is 38.9 Å². The molecule has 6 nitrogen and oxygen atoms in total. The first-order chi connectivity index (χ1) is 13.6. The fourth-order valence-corrected chi connectivity index (χ4v) is 4.21. The number of likely N-dealkylation sites (tertiary alicyclic amines) is 1. The number of nitrogens with zero attached hydrogens (tertiary/aromatic N) is 3. The average molecular weight is 373 g/mol. The second kappa shape index (κ2) is 6.49. The maximum Gasteiger partial charge on any atom is 0.256 e. The van der Waals surface area contributed by atoms with Crippen molar-refractivity contribution in [1.82, 2.24) is 19.4 Å². The number of fused-ring (bicyclic) bond motifs is 2. The fraction of sp³-hybridized carbons (Fsp3) is 0.273. The van der Waals surface area contributed by atoms with Gasteiger partial charge < -0.3 is 14.9 Å². The van der Waals surface area contributed by atoms with Gasteiger partial charge in [-0.1, -0.05) is 0 Å². The van der Waals surface area contributed by atoms with Crippen LogP contribution in [0.15, 0.2) is 48.8 Å². The van der Waals surface area contributed by atoms with Gasteiger partial charge in [0.2, 0.25) is 0 Å². The topological polar surface area (TPSA) is 66.0 Å². The monoisotopic (exact) mass is 373 g/mol. The first kappa shape index (κ1) is 17.0. The quantitative estimate of drug-likeness (QED) is 0.569. The van der Waals surface area contributed by atoms with Crippen LogP contribution in [0.3, 0.4) is 0 Å². The van der Waals surface area contributed by atoms with Gasteiger partial charge in [-0.15, -0.1) is 0 Å². The van der Waals surface area contributed by atoms with E-state index < -0.39 is 0 Å². The van der Waals surface area contributed by atoms with E-state index in [-0.39, 0.29) is 5.91 Å². The Bertz CT molecular complexity index is 1190. The highest BCUT2D eigenvalue weighted by molar-refractivity contribution is 6.06. The molecule has 1 saturated heterocycles. The number of aromatic nitrogens is 3. The number of benzene rings is 1. The van der Waals surface area contributed by atoms with E-state index in [1.165, 1.54) is 18.5 Å². The molecule has 3 aromatic heterocycles. The summed E-state index contributed by atoms with van der Waals surface area (Å²) in [5, 5.41) is 5.04. The Morgan fingerprint density at radius 1 is 1.18 bits per heavy atom. The Labute approximate surface area is 163 Å². The van der Waals surface area contributed by atoms with E-state index in [0.717, 1.165) is 28.4 Å². The molecule has 4 aromatic rings. The highest BCUT2D eigenvalue weighted by Gasteiger charge is 2.24. The van der Waals surface area contributed by atoms with E-state index in [1.807, 2.05) is 54.3 Å². The lowest BCUT2D eigenvalue weighted by Gasteiger charge is -2.17. The summed E-state index contributed by atoms with van der Waals surface area (Å²) in [5.74, 6) is 0.402. The number of anilines is 1. The summed E-state index contributed by atoms with van der Waals surface area (Å²) in [5.41, 5.74) is 3.95. The predicted molar refractivity (Wildman–Crippen MR) is 112 cm³/mol. The molecule has 142 valence electrons. The van der Waals surface area contributed by atoms with Crippen molar-refractivity contribution in [3.05, 3.63) is 60.0 Å². The van der Waals surface area contributed by atoms with Crippen LogP contribution < -0.4 is 5.32 Å². The van der Waals surface area contributed by atoms with Crippen molar-refractivity contribution in [1.29, 1.82) is 0 Å². The molecule has 0 spiro atoms. The van der Waals surface area contributed by atoms with Crippen molar-refractivity contribution in [3.63, 3.8) is 0 Å². The van der Waals surface area contributed by atoms with Crippen LogP contribution >= 0.6 is 0 Å². The number of hydrogen-bond acceptors (Lipinski definition) is 3. The lowest BCUT2D eigenvalue weighted by atomic mass is 10.1. The maximum atomic E-state index is 12.7. The molecule has 1 amide bonds. The number of rotatable bonds is 3. The van der Waals surface area contributed by atoms with Gasteiger partial charge in [0.15, 0.2) is 0 Å². The molecular weight excluding hydrogens is 350 g/mol. The number of carbonyl (C=O) groups is 1. The summed E-state index contributed by atoms with van der Waals surface area (Å²) < 4.78 is 2.04. The Kier molecular flexibility index (Phi) is 3.94. The normalized spacial score (nSPS) is 17.6. The molecule has 1 aromatic carbocycles. The molecular formula is C22H23N5O. The van der Waals surface area contributed by atoms with Gasteiger partial charge >= 0.3 is 0 Å². The molecule has 0 radical (unpaired) electrons. The Morgan fingerprint density at radius 2 is 2.07 bits per heavy atom. The number of carbonyl (C=O) groups excluding carboxylic acids is 1. The summed E-state index contributed by atoms with van der Waals surface area (Å²) in [4.78, 5) is 23.0. The zero-order chi connectivity index (χ0) is 19.3. The van der Waals surface area contributed by atoms with Gasteiger partial charge in [-0.2, -0.15) is 0 Å². The second-order valence-electron chi connectivity index (χ2n) is 7.67. The molecule has 6 heteroatoms. The fourth-order valence-electron chi connectivity index (χ4n) is 4.21. The molecule has 1 aliphatic heterocycles. The lowest BCUT2D eigenvalue weighted by Crippen LogP contribution is -2.17. The lowest BCUT2D eigenvalue weighted by molar-refractivity contribution is 0.102. The minimum Gasteiger partial charge on any atom is -0.357 e. The molecule has 28 heavy (non-hydrogen) atoms. The van der Waals surface area contributed by atoms with E-state index in [2.05, 4.69) is 33.3 Å². The molecule has 0 bridgehead atoms. The van der Waals surface area contributed by atoms with E-state index in [4.69, 9.17) is 0 Å². The number of nitrogens with one attached hydrogen (secondary N) is 2. The highest BCUT2D eigenvalue weighted by atomic mass is 16.1. The van der Waals surface area contributed by atoms with Crippen LogP contribution in [0, 0.1) is 0 Å². The van der Waals surface area contributed by atoms with Gasteiger partial charge in [0, 0.05) is 59.1 Å². The van der Waals surface area contributed by atoms with E-state index in [1.54, 1.807) is 0 Å². The molecule has 0 unspecified atom stereocenters. The van der Waals surface area contributed by atoms with Crippen molar-refractivity contribution in [2.75, 3.05) is 18.9 Å². The maximum absolute atomic E-state index is 12.7. The molecule has 4 heterocycles. The summed E-state index contributed by atoms with van der Waals surface area (Å²) in [7, 11) is 4.16. The predicted octanol–water partition coefficient (Wildman–Crippen LogP) is 4.07. The van der Waals surface area contributed by atoms with Gasteiger partial charge in [-0.3, -0.25) is 9.69 Å². The standard InChI is InChI=1S/C22H23N5O/c1-26-8-3-4-20(26)18-11-16-13-23-21(12-17(16)24-18)25-22(28)15-5-6-19-14(10-15)7-9-27(19)2/h5-7,9-13,20,24H,3-4,8H2,1-2H3,(H,23,25,28)/t20-/m1/s1. The third-order valence-corrected chi connectivity index (χ3v) is 5.79. The van der Waals surface area contributed by atoms with Gasteiger partial charge in [-0.05, 0) is 56.8 Å². The SMILES string of the molecule is CN1CCC[C@@H]1c1cc2cnc(NC(=O)c3ccc4c(ccn4C)c3)cc2[nH]1. The van der Waals surface area contributed by atoms with Crippen molar-refractivity contribution in [2.45, 2.75) is 18.9 Å². The van der Waals surface area contributed by atoms with Crippen molar-refractivity contribution in [3.8, 4) is 0 Å². The van der Waals surface area contributed by atoms with Crippen LogP contribution in [0.5, 0.6) is 0 Å². The first-order valence-electron chi connectivity index (χ1n) is 9.64. The summed E-state index contributed by atoms with van der Waals surface area (Å²) >= 11 is 0. The zero-order valence-corrected chi connectivity index (χ0v) is 16.1. The van der Waals surface area contributed by atoms with E-state index >= 15 is 0 Å². The van der Waals surface area contributed by atoms with Crippen LogP contribution in [-0.2, 0) is 7.05 Å². The summed E-state index contributed by atoms with van der Waals surface area (Å²) in [6, 6.07) is 12.2. The van der Waals surface area contributed by atoms with E-state index in [0.29, 0.717) is 17.4 Å². The van der Waals surface area contributed by atoms with Crippen LogP contribution in [0.25, 0.3) is 21.8 Å². The number of pyridine rings is 1. The number of H-pyrrole nitrogens is 1.